The Morgan fingerprint density at radius 1 is 1.26 bits per heavy atom. The van der Waals surface area contributed by atoms with Gasteiger partial charge >= 0.3 is 0 Å². The van der Waals surface area contributed by atoms with Gasteiger partial charge in [0.15, 0.2) is 0 Å². The molecule has 19 heavy (non-hydrogen) atoms. The molecule has 0 aliphatic carbocycles. The summed E-state index contributed by atoms with van der Waals surface area (Å²) in [6, 6.07) is 5.23. The molecule has 0 radical (unpaired) electrons. The van der Waals surface area contributed by atoms with Gasteiger partial charge in [0, 0.05) is 11.6 Å². The first-order chi connectivity index (χ1) is 8.95. The number of carbonyl (C=O) groups is 1. The van der Waals surface area contributed by atoms with Crippen molar-refractivity contribution in [3.63, 3.8) is 0 Å². The standard InChI is InChI=1S/C11H5BrCl2FN3O/c12-6-3-5(1-2-7(6)15)10(19)17-9-4-8(13)16-11(14)18-9/h1-4H,(H,16,17,18,19). The lowest BCUT2D eigenvalue weighted by Gasteiger charge is -2.05. The summed E-state index contributed by atoms with van der Waals surface area (Å²) in [6.07, 6.45) is 0. The number of anilines is 1. The molecule has 1 N–H and O–H groups in total. The Labute approximate surface area is 126 Å². The van der Waals surface area contributed by atoms with Crippen LogP contribution in [0.3, 0.4) is 0 Å². The van der Waals surface area contributed by atoms with E-state index in [-0.39, 0.29) is 26.3 Å². The van der Waals surface area contributed by atoms with E-state index in [0.29, 0.717) is 0 Å². The van der Waals surface area contributed by atoms with Crippen molar-refractivity contribution in [2.75, 3.05) is 5.32 Å². The minimum Gasteiger partial charge on any atom is -0.306 e. The number of benzene rings is 1. The average molecular weight is 365 g/mol. The van der Waals surface area contributed by atoms with E-state index >= 15 is 0 Å². The smallest absolute Gasteiger partial charge is 0.256 e. The van der Waals surface area contributed by atoms with Gasteiger partial charge in [-0.05, 0) is 45.7 Å². The third kappa shape index (κ3) is 3.62. The molecule has 2 aromatic rings. The first-order valence-corrected chi connectivity index (χ1v) is 6.47. The fraction of sp³-hybridized carbons (Fsp3) is 0. The summed E-state index contributed by atoms with van der Waals surface area (Å²) in [7, 11) is 0. The van der Waals surface area contributed by atoms with Crippen LogP contribution < -0.4 is 5.32 Å². The Hall–Kier alpha value is -1.24. The van der Waals surface area contributed by atoms with Crippen molar-refractivity contribution in [1.82, 2.24) is 9.97 Å². The number of carbonyl (C=O) groups excluding carboxylic acids is 1. The van der Waals surface area contributed by atoms with Gasteiger partial charge in [0.05, 0.1) is 4.47 Å². The summed E-state index contributed by atoms with van der Waals surface area (Å²) in [6.45, 7) is 0. The molecule has 2 rings (SSSR count). The Bertz CT molecular complexity index is 634. The van der Waals surface area contributed by atoms with E-state index in [1.165, 1.54) is 24.3 Å². The van der Waals surface area contributed by atoms with Gasteiger partial charge in [-0.15, -0.1) is 0 Å². The van der Waals surface area contributed by atoms with Gasteiger partial charge in [0.25, 0.3) is 5.91 Å². The van der Waals surface area contributed by atoms with Crippen LogP contribution in [0.15, 0.2) is 28.7 Å². The molecule has 0 aliphatic rings. The predicted octanol–water partition coefficient (Wildman–Crippen LogP) is 3.94. The quantitative estimate of drug-likeness (QED) is 0.648. The zero-order valence-corrected chi connectivity index (χ0v) is 12.2. The lowest BCUT2D eigenvalue weighted by atomic mass is 10.2. The minimum atomic E-state index is -0.466. The molecular formula is C11H5BrCl2FN3O. The van der Waals surface area contributed by atoms with Crippen LogP contribution in [0.2, 0.25) is 10.4 Å². The third-order valence-electron chi connectivity index (χ3n) is 2.09. The van der Waals surface area contributed by atoms with E-state index in [9.17, 15) is 9.18 Å². The first kappa shape index (κ1) is 14.2. The molecule has 98 valence electrons. The van der Waals surface area contributed by atoms with Crippen LogP contribution in [0.4, 0.5) is 10.2 Å². The first-order valence-electron chi connectivity index (χ1n) is 4.92. The average Bonchev–Trinajstić information content (AvgIpc) is 2.31. The van der Waals surface area contributed by atoms with E-state index < -0.39 is 11.7 Å². The lowest BCUT2D eigenvalue weighted by Crippen LogP contribution is -2.13. The van der Waals surface area contributed by atoms with Crippen LogP contribution >= 0.6 is 39.1 Å². The second kappa shape index (κ2) is 5.81. The predicted molar refractivity (Wildman–Crippen MR) is 74.1 cm³/mol. The fourth-order valence-corrected chi connectivity index (χ4v) is 2.07. The molecule has 0 unspecified atom stereocenters. The molecule has 1 aromatic carbocycles. The van der Waals surface area contributed by atoms with Crippen molar-refractivity contribution in [1.29, 1.82) is 0 Å². The maximum Gasteiger partial charge on any atom is 0.256 e. The van der Waals surface area contributed by atoms with Gasteiger partial charge in [-0.3, -0.25) is 4.79 Å². The second-order valence-corrected chi connectivity index (χ2v) is 5.01. The summed E-state index contributed by atoms with van der Waals surface area (Å²) in [5.41, 5.74) is 0.263. The van der Waals surface area contributed by atoms with Gasteiger partial charge < -0.3 is 5.32 Å². The molecule has 1 amide bonds. The minimum absolute atomic E-state index is 0.0805. The summed E-state index contributed by atoms with van der Waals surface area (Å²) in [4.78, 5) is 19.3. The van der Waals surface area contributed by atoms with Gasteiger partial charge in [-0.1, -0.05) is 11.6 Å². The number of nitrogens with zero attached hydrogens (tertiary/aromatic N) is 2. The highest BCUT2D eigenvalue weighted by Gasteiger charge is 2.10. The molecule has 0 spiro atoms. The highest BCUT2D eigenvalue weighted by atomic mass is 79.9. The monoisotopic (exact) mass is 363 g/mol. The Morgan fingerprint density at radius 3 is 2.63 bits per heavy atom. The zero-order valence-electron chi connectivity index (χ0n) is 9.12. The number of halogens is 4. The molecule has 0 saturated heterocycles. The maximum absolute atomic E-state index is 13.1. The Morgan fingerprint density at radius 2 is 2.00 bits per heavy atom. The van der Waals surface area contributed by atoms with Gasteiger partial charge in [-0.2, -0.15) is 0 Å². The summed E-state index contributed by atoms with van der Waals surface area (Å²) in [5.74, 6) is -0.758. The van der Waals surface area contributed by atoms with Crippen molar-refractivity contribution in [2.45, 2.75) is 0 Å². The molecule has 0 saturated carbocycles. The normalized spacial score (nSPS) is 10.3. The Balaban J connectivity index is 2.22. The Kier molecular flexibility index (Phi) is 4.34. The van der Waals surface area contributed by atoms with E-state index in [0.717, 1.165) is 0 Å². The highest BCUT2D eigenvalue weighted by Crippen LogP contribution is 2.19. The molecule has 0 aliphatic heterocycles. The van der Waals surface area contributed by atoms with Crippen LogP contribution in [0.25, 0.3) is 0 Å². The van der Waals surface area contributed by atoms with E-state index in [1.54, 1.807) is 0 Å². The van der Waals surface area contributed by atoms with E-state index in [1.807, 2.05) is 0 Å². The molecule has 0 atom stereocenters. The topological polar surface area (TPSA) is 54.9 Å². The summed E-state index contributed by atoms with van der Waals surface area (Å²) >= 11 is 14.3. The lowest BCUT2D eigenvalue weighted by molar-refractivity contribution is 0.102. The zero-order chi connectivity index (χ0) is 14.0. The summed E-state index contributed by atoms with van der Waals surface area (Å²) in [5, 5.41) is 2.51. The largest absolute Gasteiger partial charge is 0.306 e. The maximum atomic E-state index is 13.1. The van der Waals surface area contributed by atoms with Crippen molar-refractivity contribution < 1.29 is 9.18 Å². The summed E-state index contributed by atoms with van der Waals surface area (Å²) < 4.78 is 13.3. The highest BCUT2D eigenvalue weighted by molar-refractivity contribution is 9.10. The van der Waals surface area contributed by atoms with Crippen LogP contribution in [-0.2, 0) is 0 Å². The van der Waals surface area contributed by atoms with E-state index in [2.05, 4.69) is 31.2 Å². The van der Waals surface area contributed by atoms with Crippen LogP contribution in [0.5, 0.6) is 0 Å². The van der Waals surface area contributed by atoms with Crippen LogP contribution in [-0.4, -0.2) is 15.9 Å². The number of amides is 1. The molecule has 1 heterocycles. The SMILES string of the molecule is O=C(Nc1cc(Cl)nc(Cl)n1)c1ccc(F)c(Br)c1. The third-order valence-corrected chi connectivity index (χ3v) is 3.06. The molecular weight excluding hydrogens is 360 g/mol. The molecule has 4 nitrogen and oxygen atoms in total. The van der Waals surface area contributed by atoms with Gasteiger partial charge in [0.2, 0.25) is 5.28 Å². The van der Waals surface area contributed by atoms with Crippen LogP contribution in [0, 0.1) is 5.82 Å². The van der Waals surface area contributed by atoms with Crippen LogP contribution in [0.1, 0.15) is 10.4 Å². The van der Waals surface area contributed by atoms with Gasteiger partial charge in [0.1, 0.15) is 16.8 Å². The van der Waals surface area contributed by atoms with Crippen molar-refractivity contribution in [3.8, 4) is 0 Å². The van der Waals surface area contributed by atoms with Gasteiger partial charge in [-0.25, -0.2) is 14.4 Å². The molecule has 8 heteroatoms. The number of hydrogen-bond donors (Lipinski definition) is 1. The number of rotatable bonds is 2. The van der Waals surface area contributed by atoms with Crippen molar-refractivity contribution in [2.24, 2.45) is 0 Å². The number of aromatic nitrogens is 2. The molecule has 1 aromatic heterocycles. The van der Waals surface area contributed by atoms with E-state index in [4.69, 9.17) is 23.2 Å². The van der Waals surface area contributed by atoms with Crippen molar-refractivity contribution in [3.05, 3.63) is 50.6 Å². The second-order valence-electron chi connectivity index (χ2n) is 3.43. The molecule has 0 fully saturated rings. The van der Waals surface area contributed by atoms with Crippen molar-refractivity contribution >= 4 is 50.9 Å². The number of hydrogen-bond acceptors (Lipinski definition) is 3. The molecule has 0 bridgehead atoms. The number of nitrogens with one attached hydrogen (secondary N) is 1. The fourth-order valence-electron chi connectivity index (χ4n) is 1.28.